The summed E-state index contributed by atoms with van der Waals surface area (Å²) in [6.07, 6.45) is 1.12. The first-order valence-corrected chi connectivity index (χ1v) is 7.93. The van der Waals surface area contributed by atoms with Crippen LogP contribution in [0.5, 0.6) is 11.5 Å². The number of nitrogens with one attached hydrogen (secondary N) is 1. The predicted molar refractivity (Wildman–Crippen MR) is 97.0 cm³/mol. The molecule has 0 saturated carbocycles. The van der Waals surface area contributed by atoms with Crippen LogP contribution >= 0.6 is 11.6 Å². The molecule has 3 N–H and O–H groups in total. The number of benzene rings is 2. The van der Waals surface area contributed by atoms with E-state index in [2.05, 4.69) is 10.4 Å². The maximum absolute atomic E-state index is 12.0. The molecule has 0 fully saturated rings. The van der Waals surface area contributed by atoms with Crippen molar-refractivity contribution in [3.8, 4) is 28.3 Å². The average molecular weight is 372 g/mol. The number of halogens is 1. The Bertz CT molecular complexity index is 1060. The summed E-state index contributed by atoms with van der Waals surface area (Å²) < 4.78 is 1.22. The Morgan fingerprint density at radius 3 is 2.62 bits per heavy atom. The van der Waals surface area contributed by atoms with Gasteiger partial charge in [-0.2, -0.15) is 5.10 Å². The van der Waals surface area contributed by atoms with Gasteiger partial charge in [-0.1, -0.05) is 29.8 Å². The van der Waals surface area contributed by atoms with Crippen molar-refractivity contribution in [2.24, 2.45) is 0 Å². The van der Waals surface area contributed by atoms with Gasteiger partial charge in [-0.15, -0.1) is 0 Å². The molecule has 26 heavy (non-hydrogen) atoms. The summed E-state index contributed by atoms with van der Waals surface area (Å²) in [5.74, 6) is -1.30. The molecule has 0 unspecified atom stereocenters. The maximum atomic E-state index is 12.0. The summed E-state index contributed by atoms with van der Waals surface area (Å²) >= 11 is 6.25. The second kappa shape index (κ2) is 6.89. The minimum atomic E-state index is -0.867. The molecular weight excluding hydrogens is 358 g/mol. The number of carbonyl (C=O) groups excluding carboxylic acids is 1. The lowest BCUT2D eigenvalue weighted by Crippen LogP contribution is -2.29. The third kappa shape index (κ3) is 3.12. The Hall–Kier alpha value is -3.32. The quantitative estimate of drug-likeness (QED) is 0.655. The Morgan fingerprint density at radius 1 is 1.15 bits per heavy atom. The summed E-state index contributed by atoms with van der Waals surface area (Å²) in [5.41, 5.74) is 0.272. The van der Waals surface area contributed by atoms with Crippen molar-refractivity contribution in [3.05, 3.63) is 69.6 Å². The summed E-state index contributed by atoms with van der Waals surface area (Å²) in [4.78, 5) is 23.8. The van der Waals surface area contributed by atoms with Crippen molar-refractivity contribution in [2.75, 3.05) is 7.05 Å². The van der Waals surface area contributed by atoms with Crippen LogP contribution in [0.3, 0.4) is 0 Å². The topological polar surface area (TPSA) is 104 Å². The van der Waals surface area contributed by atoms with Gasteiger partial charge in [0.25, 0.3) is 11.3 Å². The molecule has 1 heterocycles. The molecule has 8 heteroatoms. The van der Waals surface area contributed by atoms with Crippen LogP contribution < -0.4 is 10.7 Å². The predicted octanol–water partition coefficient (Wildman–Crippen LogP) is 2.32. The first-order valence-electron chi connectivity index (χ1n) is 7.55. The molecule has 0 atom stereocenters. The van der Waals surface area contributed by atoms with Crippen molar-refractivity contribution in [1.29, 1.82) is 0 Å². The lowest BCUT2D eigenvalue weighted by molar-refractivity contribution is 0.0954. The number of phenols is 1. The highest BCUT2D eigenvalue weighted by Gasteiger charge is 2.18. The highest BCUT2D eigenvalue weighted by atomic mass is 35.5. The Morgan fingerprint density at radius 2 is 1.88 bits per heavy atom. The molecule has 1 amide bonds. The third-order valence-corrected chi connectivity index (χ3v) is 4.06. The van der Waals surface area contributed by atoms with Crippen LogP contribution in [-0.2, 0) is 0 Å². The van der Waals surface area contributed by atoms with Gasteiger partial charge in [0.15, 0.2) is 11.4 Å². The molecule has 3 rings (SSSR count). The van der Waals surface area contributed by atoms with E-state index >= 15 is 0 Å². The second-order valence-corrected chi connectivity index (χ2v) is 5.80. The van der Waals surface area contributed by atoms with Gasteiger partial charge in [0.05, 0.1) is 11.9 Å². The van der Waals surface area contributed by atoms with Gasteiger partial charge in [0, 0.05) is 23.2 Å². The molecule has 0 spiro atoms. The first-order chi connectivity index (χ1) is 12.4. The molecule has 0 aliphatic carbocycles. The number of hydrogen-bond donors (Lipinski definition) is 3. The molecule has 0 radical (unpaired) electrons. The van der Waals surface area contributed by atoms with Crippen molar-refractivity contribution < 1.29 is 15.0 Å². The Labute approximate surface area is 153 Å². The first kappa shape index (κ1) is 17.5. The van der Waals surface area contributed by atoms with E-state index in [0.29, 0.717) is 21.8 Å². The molecule has 0 aliphatic heterocycles. The third-order valence-electron chi connectivity index (χ3n) is 3.73. The zero-order chi connectivity index (χ0) is 18.8. The Kier molecular flexibility index (Phi) is 4.64. The van der Waals surface area contributed by atoms with Gasteiger partial charge in [-0.05, 0) is 24.3 Å². The van der Waals surface area contributed by atoms with Gasteiger partial charge >= 0.3 is 0 Å². The normalized spacial score (nSPS) is 10.5. The van der Waals surface area contributed by atoms with Gasteiger partial charge < -0.3 is 15.5 Å². The average Bonchev–Trinajstić information content (AvgIpc) is 2.65. The number of aromatic hydroxyl groups is 2. The van der Waals surface area contributed by atoms with E-state index in [1.165, 1.54) is 23.9 Å². The molecule has 0 aliphatic rings. The summed E-state index contributed by atoms with van der Waals surface area (Å²) in [5, 5.41) is 26.4. The van der Waals surface area contributed by atoms with E-state index in [9.17, 15) is 19.8 Å². The number of carbonyl (C=O) groups is 1. The van der Waals surface area contributed by atoms with Crippen molar-refractivity contribution in [2.45, 2.75) is 0 Å². The zero-order valence-electron chi connectivity index (χ0n) is 13.6. The lowest BCUT2D eigenvalue weighted by Gasteiger charge is -2.14. The molecule has 0 saturated heterocycles. The lowest BCUT2D eigenvalue weighted by atomic mass is 10.0. The van der Waals surface area contributed by atoms with Crippen molar-refractivity contribution in [1.82, 2.24) is 15.1 Å². The number of aromatic nitrogens is 2. The Balaban J connectivity index is 2.27. The molecule has 7 nitrogen and oxygen atoms in total. The summed E-state index contributed by atoms with van der Waals surface area (Å²) in [6, 6.07) is 11.4. The van der Waals surface area contributed by atoms with Crippen molar-refractivity contribution in [3.63, 3.8) is 0 Å². The van der Waals surface area contributed by atoms with Gasteiger partial charge in [-0.3, -0.25) is 9.59 Å². The number of para-hydroxylation sites is 1. The zero-order valence-corrected chi connectivity index (χ0v) is 14.4. The molecule has 1 aromatic heterocycles. The molecule has 132 valence electrons. The van der Waals surface area contributed by atoms with Crippen molar-refractivity contribution >= 4 is 17.5 Å². The van der Waals surface area contributed by atoms with Crippen LogP contribution in [0, 0.1) is 0 Å². The van der Waals surface area contributed by atoms with E-state index in [1.807, 2.05) is 0 Å². The number of amides is 1. The SMILES string of the molecule is CNC(=O)c1nn(-c2ccccc2-c2cc(O)ccc2Cl)cc(O)c1=O. The minimum Gasteiger partial charge on any atom is -0.508 e. The van der Waals surface area contributed by atoms with E-state index < -0.39 is 22.8 Å². The van der Waals surface area contributed by atoms with E-state index in [1.54, 1.807) is 30.3 Å². The number of rotatable bonds is 3. The van der Waals surface area contributed by atoms with E-state index in [0.717, 1.165) is 6.20 Å². The van der Waals surface area contributed by atoms with Gasteiger partial charge in [-0.25, -0.2) is 4.68 Å². The number of hydrogen-bond acceptors (Lipinski definition) is 5. The van der Waals surface area contributed by atoms with Gasteiger partial charge in [0.1, 0.15) is 5.75 Å². The van der Waals surface area contributed by atoms with Crippen LogP contribution in [0.15, 0.2) is 53.5 Å². The van der Waals surface area contributed by atoms with Crippen LogP contribution in [0.2, 0.25) is 5.02 Å². The standard InChI is InChI=1S/C18H14ClN3O4/c1-20-18(26)16-17(25)15(24)9-22(21-16)14-5-3-2-4-11(14)12-8-10(23)6-7-13(12)19/h2-9,23-24H,1H3,(H,20,26). The summed E-state index contributed by atoms with van der Waals surface area (Å²) in [6.45, 7) is 0. The molecule has 3 aromatic rings. The van der Waals surface area contributed by atoms with Crippen LogP contribution in [0.4, 0.5) is 0 Å². The van der Waals surface area contributed by atoms with E-state index in [-0.39, 0.29) is 5.75 Å². The fourth-order valence-corrected chi connectivity index (χ4v) is 2.71. The number of nitrogens with zero attached hydrogens (tertiary/aromatic N) is 2. The van der Waals surface area contributed by atoms with Crippen LogP contribution in [0.25, 0.3) is 16.8 Å². The second-order valence-electron chi connectivity index (χ2n) is 5.40. The molecular formula is C18H14ClN3O4. The monoisotopic (exact) mass is 371 g/mol. The maximum Gasteiger partial charge on any atom is 0.275 e. The largest absolute Gasteiger partial charge is 0.508 e. The fraction of sp³-hybridized carbons (Fsp3) is 0.0556. The number of phenolic OH excluding ortho intramolecular Hbond substituents is 1. The highest BCUT2D eigenvalue weighted by molar-refractivity contribution is 6.33. The fourth-order valence-electron chi connectivity index (χ4n) is 2.49. The minimum absolute atomic E-state index is 0.0287. The van der Waals surface area contributed by atoms with Gasteiger partial charge in [0.2, 0.25) is 0 Å². The van der Waals surface area contributed by atoms with Crippen LogP contribution in [0.1, 0.15) is 10.5 Å². The van der Waals surface area contributed by atoms with E-state index in [4.69, 9.17) is 11.6 Å². The molecule has 2 aromatic carbocycles. The smallest absolute Gasteiger partial charge is 0.275 e. The highest BCUT2D eigenvalue weighted by Crippen LogP contribution is 2.34. The van der Waals surface area contributed by atoms with Crippen LogP contribution in [-0.4, -0.2) is 32.9 Å². The molecule has 0 bridgehead atoms. The summed E-state index contributed by atoms with van der Waals surface area (Å²) in [7, 11) is 1.36.